The topological polar surface area (TPSA) is 0 Å². The van der Waals surface area contributed by atoms with E-state index in [1.54, 1.807) is 5.57 Å². The molecule has 0 radical (unpaired) electrons. The zero-order valence-corrected chi connectivity index (χ0v) is 10.1. The highest BCUT2D eigenvalue weighted by molar-refractivity contribution is 5.19. The van der Waals surface area contributed by atoms with E-state index in [1.807, 2.05) is 0 Å². The summed E-state index contributed by atoms with van der Waals surface area (Å²) in [6.45, 7) is 9.48. The van der Waals surface area contributed by atoms with Crippen molar-refractivity contribution in [1.29, 1.82) is 0 Å². The first-order chi connectivity index (χ1) is 6.69. The molecule has 0 N–H and O–H groups in total. The van der Waals surface area contributed by atoms with Crippen LogP contribution in [0.15, 0.2) is 11.6 Å². The number of rotatable bonds is 3. The Morgan fingerprint density at radius 1 is 1.43 bits per heavy atom. The normalized spacial score (nSPS) is 42.7. The van der Waals surface area contributed by atoms with Gasteiger partial charge in [-0.3, -0.25) is 0 Å². The van der Waals surface area contributed by atoms with Gasteiger partial charge in [0, 0.05) is 0 Å². The van der Waals surface area contributed by atoms with E-state index in [9.17, 15) is 0 Å². The molecule has 0 nitrogen and oxygen atoms in total. The molecule has 3 aliphatic rings. The molecule has 5 unspecified atom stereocenters. The monoisotopic (exact) mass is 192 g/mol. The molecule has 3 aliphatic carbocycles. The van der Waals surface area contributed by atoms with Gasteiger partial charge in [0.25, 0.3) is 0 Å². The molecule has 0 spiro atoms. The molecule has 0 heterocycles. The lowest BCUT2D eigenvalue weighted by molar-refractivity contribution is -0.0418. The van der Waals surface area contributed by atoms with Gasteiger partial charge in [-0.2, -0.15) is 0 Å². The van der Waals surface area contributed by atoms with Crippen molar-refractivity contribution in [3.63, 3.8) is 0 Å². The van der Waals surface area contributed by atoms with Crippen molar-refractivity contribution >= 4 is 0 Å². The molecule has 1 saturated carbocycles. The molecule has 0 aromatic rings. The molecule has 14 heavy (non-hydrogen) atoms. The van der Waals surface area contributed by atoms with Crippen molar-refractivity contribution < 1.29 is 0 Å². The van der Waals surface area contributed by atoms with Crippen molar-refractivity contribution in [2.75, 3.05) is 0 Å². The molecule has 0 aliphatic heterocycles. The summed E-state index contributed by atoms with van der Waals surface area (Å²) in [5, 5.41) is 0. The molecule has 2 bridgehead atoms. The van der Waals surface area contributed by atoms with E-state index in [2.05, 4.69) is 33.8 Å². The number of hydrogen-bond acceptors (Lipinski definition) is 0. The average molecular weight is 192 g/mol. The van der Waals surface area contributed by atoms with Crippen LogP contribution in [0.5, 0.6) is 0 Å². The van der Waals surface area contributed by atoms with Crippen molar-refractivity contribution in [3.8, 4) is 0 Å². The molecule has 3 rings (SSSR count). The third-order valence-electron chi connectivity index (χ3n) is 4.79. The Balaban J connectivity index is 2.12. The predicted molar refractivity (Wildman–Crippen MR) is 62.1 cm³/mol. The molecule has 5 atom stereocenters. The molecule has 0 heteroatoms. The van der Waals surface area contributed by atoms with Gasteiger partial charge in [-0.05, 0) is 42.9 Å². The minimum Gasteiger partial charge on any atom is -0.0819 e. The fraction of sp³-hybridized carbons (Fsp3) is 0.857. The standard InChI is InChI=1S/C14H24/c1-5-10(4)14-12-7-9(3)8-13(14)11(12)6-2/h7,10-14H,5-6,8H2,1-4H3. The van der Waals surface area contributed by atoms with Gasteiger partial charge in [-0.25, -0.2) is 0 Å². The second kappa shape index (κ2) is 3.72. The predicted octanol–water partition coefficient (Wildman–Crippen LogP) is 4.27. The molecule has 0 saturated heterocycles. The van der Waals surface area contributed by atoms with Crippen LogP contribution in [-0.4, -0.2) is 0 Å². The fourth-order valence-corrected chi connectivity index (χ4v) is 3.94. The SMILES string of the molecule is CCC(C)C1C2C=C(C)CC1C2CC. The van der Waals surface area contributed by atoms with E-state index in [0.717, 1.165) is 29.6 Å². The maximum Gasteiger partial charge on any atom is -0.0166 e. The zero-order chi connectivity index (χ0) is 10.3. The van der Waals surface area contributed by atoms with Gasteiger partial charge in [0.1, 0.15) is 0 Å². The maximum absolute atomic E-state index is 2.59. The smallest absolute Gasteiger partial charge is 0.0166 e. The van der Waals surface area contributed by atoms with E-state index in [4.69, 9.17) is 0 Å². The number of fused-ring (bicyclic) bond motifs is 1. The van der Waals surface area contributed by atoms with Gasteiger partial charge in [-0.15, -0.1) is 0 Å². The van der Waals surface area contributed by atoms with Crippen LogP contribution in [-0.2, 0) is 0 Å². The quantitative estimate of drug-likeness (QED) is 0.586. The molecule has 1 fully saturated rings. The van der Waals surface area contributed by atoms with Gasteiger partial charge in [0.05, 0.1) is 0 Å². The highest BCUT2D eigenvalue weighted by atomic mass is 14.6. The Kier molecular flexibility index (Phi) is 2.72. The van der Waals surface area contributed by atoms with Crippen LogP contribution in [0.3, 0.4) is 0 Å². The molecular formula is C14H24. The van der Waals surface area contributed by atoms with Crippen LogP contribution in [0.2, 0.25) is 0 Å². The maximum atomic E-state index is 2.59. The summed E-state index contributed by atoms with van der Waals surface area (Å²) >= 11 is 0. The lowest BCUT2D eigenvalue weighted by Crippen LogP contribution is -2.51. The molecule has 0 amide bonds. The van der Waals surface area contributed by atoms with Crippen molar-refractivity contribution in [3.05, 3.63) is 11.6 Å². The summed E-state index contributed by atoms with van der Waals surface area (Å²) in [7, 11) is 0. The van der Waals surface area contributed by atoms with E-state index in [-0.39, 0.29) is 0 Å². The Labute approximate surface area is 88.8 Å². The first-order valence-corrected chi connectivity index (χ1v) is 6.36. The van der Waals surface area contributed by atoms with E-state index in [0.29, 0.717) is 0 Å². The number of allylic oxidation sites excluding steroid dienone is 2. The zero-order valence-electron chi connectivity index (χ0n) is 10.1. The van der Waals surface area contributed by atoms with Gasteiger partial charge in [0.2, 0.25) is 0 Å². The van der Waals surface area contributed by atoms with Gasteiger partial charge < -0.3 is 0 Å². The second-order valence-corrected chi connectivity index (χ2v) is 5.49. The Hall–Kier alpha value is -0.260. The van der Waals surface area contributed by atoms with Gasteiger partial charge >= 0.3 is 0 Å². The average Bonchev–Trinajstić information content (AvgIpc) is 2.17. The second-order valence-electron chi connectivity index (χ2n) is 5.49. The summed E-state index contributed by atoms with van der Waals surface area (Å²) < 4.78 is 0. The van der Waals surface area contributed by atoms with Crippen LogP contribution in [0.4, 0.5) is 0 Å². The summed E-state index contributed by atoms with van der Waals surface area (Å²) in [5.41, 5.74) is 1.66. The van der Waals surface area contributed by atoms with Crippen LogP contribution in [0.1, 0.15) is 47.0 Å². The van der Waals surface area contributed by atoms with E-state index >= 15 is 0 Å². The van der Waals surface area contributed by atoms with Crippen molar-refractivity contribution in [2.45, 2.75) is 47.0 Å². The summed E-state index contributed by atoms with van der Waals surface area (Å²) in [6.07, 6.45) is 6.74. The van der Waals surface area contributed by atoms with Crippen LogP contribution >= 0.6 is 0 Å². The van der Waals surface area contributed by atoms with Gasteiger partial charge in [-0.1, -0.05) is 45.3 Å². The Morgan fingerprint density at radius 3 is 2.57 bits per heavy atom. The van der Waals surface area contributed by atoms with E-state index in [1.165, 1.54) is 19.3 Å². The molecule has 0 aromatic carbocycles. The summed E-state index contributed by atoms with van der Waals surface area (Å²) in [6, 6.07) is 0. The van der Waals surface area contributed by atoms with Crippen molar-refractivity contribution in [2.24, 2.45) is 29.6 Å². The van der Waals surface area contributed by atoms with Crippen LogP contribution in [0, 0.1) is 29.6 Å². The van der Waals surface area contributed by atoms with Crippen molar-refractivity contribution in [1.82, 2.24) is 0 Å². The molecule has 0 aromatic heterocycles. The largest absolute Gasteiger partial charge is 0.0819 e. The molecular weight excluding hydrogens is 168 g/mol. The summed E-state index contributed by atoms with van der Waals surface area (Å²) in [5.74, 6) is 4.96. The highest BCUT2D eigenvalue weighted by Gasteiger charge is 2.51. The lowest BCUT2D eigenvalue weighted by Gasteiger charge is -2.57. The highest BCUT2D eigenvalue weighted by Crippen LogP contribution is 2.58. The van der Waals surface area contributed by atoms with Crippen LogP contribution < -0.4 is 0 Å². The minimum absolute atomic E-state index is 0.939. The van der Waals surface area contributed by atoms with E-state index < -0.39 is 0 Å². The van der Waals surface area contributed by atoms with Crippen LogP contribution in [0.25, 0.3) is 0 Å². The fourth-order valence-electron chi connectivity index (χ4n) is 3.94. The third-order valence-corrected chi connectivity index (χ3v) is 4.79. The first kappa shape index (κ1) is 10.3. The minimum atomic E-state index is 0.939. The molecule has 80 valence electrons. The van der Waals surface area contributed by atoms with Gasteiger partial charge in [0.15, 0.2) is 0 Å². The first-order valence-electron chi connectivity index (χ1n) is 6.36. The third kappa shape index (κ3) is 1.34. The number of hydrogen-bond donors (Lipinski definition) is 0. The Bertz CT molecular complexity index is 238. The summed E-state index contributed by atoms with van der Waals surface area (Å²) in [4.78, 5) is 0. The Morgan fingerprint density at radius 2 is 2.14 bits per heavy atom. The lowest BCUT2D eigenvalue weighted by atomic mass is 9.48.